The summed E-state index contributed by atoms with van der Waals surface area (Å²) in [5.41, 5.74) is 0.827. The number of carbonyl (C=O) groups is 1. The van der Waals surface area contributed by atoms with Crippen LogP contribution in [0.2, 0.25) is 0 Å². The third kappa shape index (κ3) is 2.23. The Morgan fingerprint density at radius 3 is 2.47 bits per heavy atom. The van der Waals surface area contributed by atoms with Crippen molar-refractivity contribution in [3.8, 4) is 11.5 Å². The van der Waals surface area contributed by atoms with Gasteiger partial charge < -0.3 is 14.6 Å². The average Bonchev–Trinajstić information content (AvgIpc) is 2.26. The van der Waals surface area contributed by atoms with Gasteiger partial charge in [-0.05, 0) is 12.1 Å². The molecule has 0 heterocycles. The van der Waals surface area contributed by atoms with Crippen LogP contribution < -0.4 is 9.47 Å². The smallest absolute Gasteiger partial charge is 0.339 e. The van der Waals surface area contributed by atoms with E-state index < -0.39 is 5.97 Å². The molecule has 5 heteroatoms. The number of benzene rings is 1. The number of hydrogen-bond acceptors (Lipinski definition) is 3. The first kappa shape index (κ1) is 11.8. The number of halogens is 1. The zero-order valence-electron chi connectivity index (χ0n) is 8.41. The molecule has 0 fully saturated rings. The van der Waals surface area contributed by atoms with Crippen LogP contribution in [0, 0.1) is 0 Å². The highest BCUT2D eigenvalue weighted by atomic mass is 79.9. The summed E-state index contributed by atoms with van der Waals surface area (Å²) in [5, 5.41) is 9.42. The van der Waals surface area contributed by atoms with Crippen LogP contribution in [-0.2, 0) is 5.33 Å². The lowest BCUT2D eigenvalue weighted by atomic mass is 10.1. The van der Waals surface area contributed by atoms with Gasteiger partial charge in [0.15, 0.2) is 0 Å². The lowest BCUT2D eigenvalue weighted by Gasteiger charge is -2.13. The Morgan fingerprint density at radius 2 is 2.07 bits per heavy atom. The van der Waals surface area contributed by atoms with Crippen molar-refractivity contribution >= 4 is 21.9 Å². The van der Waals surface area contributed by atoms with Gasteiger partial charge in [0.2, 0.25) is 0 Å². The molecular formula is C10H11BrO4. The summed E-state index contributed by atoms with van der Waals surface area (Å²) in [7, 11) is 2.97. The second-order valence-corrected chi connectivity index (χ2v) is 3.33. The molecule has 0 aromatic heterocycles. The quantitative estimate of drug-likeness (QED) is 0.856. The molecule has 0 aliphatic rings. The number of rotatable bonds is 4. The summed E-state index contributed by atoms with van der Waals surface area (Å²) in [5.74, 6) is -0.0795. The third-order valence-corrected chi connectivity index (χ3v) is 2.57. The van der Waals surface area contributed by atoms with E-state index in [9.17, 15) is 4.79 Å². The molecule has 1 rings (SSSR count). The molecule has 1 aromatic rings. The van der Waals surface area contributed by atoms with Gasteiger partial charge in [0.05, 0.1) is 14.2 Å². The van der Waals surface area contributed by atoms with Crippen molar-refractivity contribution in [3.63, 3.8) is 0 Å². The Labute approximate surface area is 95.9 Å². The molecule has 4 nitrogen and oxygen atoms in total. The minimum Gasteiger partial charge on any atom is -0.496 e. The largest absolute Gasteiger partial charge is 0.496 e. The predicted octanol–water partition coefficient (Wildman–Crippen LogP) is 2.30. The Kier molecular flexibility index (Phi) is 3.96. The average molecular weight is 275 g/mol. The first-order valence-corrected chi connectivity index (χ1v) is 5.31. The number of hydrogen-bond donors (Lipinski definition) is 1. The van der Waals surface area contributed by atoms with E-state index in [-0.39, 0.29) is 5.56 Å². The van der Waals surface area contributed by atoms with E-state index in [0.29, 0.717) is 22.4 Å². The predicted molar refractivity (Wildman–Crippen MR) is 59.1 cm³/mol. The van der Waals surface area contributed by atoms with E-state index >= 15 is 0 Å². The minimum absolute atomic E-state index is 0.132. The maximum atomic E-state index is 10.9. The summed E-state index contributed by atoms with van der Waals surface area (Å²) in [4.78, 5) is 10.9. The highest BCUT2D eigenvalue weighted by Gasteiger charge is 2.17. The molecule has 0 bridgehead atoms. The van der Waals surface area contributed by atoms with Gasteiger partial charge in [-0.2, -0.15) is 0 Å². The van der Waals surface area contributed by atoms with Crippen molar-refractivity contribution < 1.29 is 19.4 Å². The van der Waals surface area contributed by atoms with Crippen molar-refractivity contribution in [2.75, 3.05) is 14.2 Å². The molecule has 1 N–H and O–H groups in total. The lowest BCUT2D eigenvalue weighted by molar-refractivity contribution is 0.0693. The van der Waals surface area contributed by atoms with Crippen LogP contribution in [0.4, 0.5) is 0 Å². The maximum absolute atomic E-state index is 10.9. The normalized spacial score (nSPS) is 9.80. The van der Waals surface area contributed by atoms with Crippen LogP contribution in [0.3, 0.4) is 0 Å². The molecule has 0 spiro atoms. The fraction of sp³-hybridized carbons (Fsp3) is 0.300. The molecule has 0 saturated heterocycles. The first-order valence-electron chi connectivity index (χ1n) is 4.18. The zero-order valence-corrected chi connectivity index (χ0v) is 10.00. The Hall–Kier alpha value is -1.23. The second kappa shape index (κ2) is 5.02. The molecule has 0 saturated carbocycles. The van der Waals surface area contributed by atoms with Gasteiger partial charge in [-0.15, -0.1) is 0 Å². The standard InChI is InChI=1S/C10H11BrO4/c1-14-8-4-3-6(10(12)13)9(15-2)7(8)5-11/h3-4H,5H2,1-2H3,(H,12,13). The van der Waals surface area contributed by atoms with Crippen LogP contribution in [0.25, 0.3) is 0 Å². The van der Waals surface area contributed by atoms with Gasteiger partial charge in [-0.1, -0.05) is 15.9 Å². The summed E-state index contributed by atoms with van der Waals surface area (Å²) < 4.78 is 10.2. The number of carboxylic acids is 1. The zero-order chi connectivity index (χ0) is 11.4. The molecule has 0 atom stereocenters. The summed E-state index contributed by atoms with van der Waals surface area (Å²) in [6.07, 6.45) is 0. The fourth-order valence-electron chi connectivity index (χ4n) is 1.33. The Balaban J connectivity index is 3.40. The summed E-state index contributed by atoms with van der Waals surface area (Å²) in [6, 6.07) is 3.08. The van der Waals surface area contributed by atoms with E-state index in [1.807, 2.05) is 0 Å². The van der Waals surface area contributed by atoms with Crippen molar-refractivity contribution in [3.05, 3.63) is 23.3 Å². The SMILES string of the molecule is COc1ccc(C(=O)O)c(OC)c1CBr. The maximum Gasteiger partial charge on any atom is 0.339 e. The number of ether oxygens (including phenoxy) is 2. The van der Waals surface area contributed by atoms with Crippen molar-refractivity contribution in [1.82, 2.24) is 0 Å². The van der Waals surface area contributed by atoms with Gasteiger partial charge in [-0.25, -0.2) is 4.79 Å². The molecule has 0 aliphatic carbocycles. The first-order chi connectivity index (χ1) is 7.15. The highest BCUT2D eigenvalue weighted by molar-refractivity contribution is 9.08. The molecule has 0 aliphatic heterocycles. The number of carboxylic acid groups (broad SMARTS) is 1. The third-order valence-electron chi connectivity index (χ3n) is 2.01. The molecule has 1 aromatic carbocycles. The van der Waals surface area contributed by atoms with Crippen LogP contribution in [0.5, 0.6) is 11.5 Å². The minimum atomic E-state index is -1.02. The molecule has 82 valence electrons. The molecular weight excluding hydrogens is 264 g/mol. The summed E-state index contributed by atoms with van der Waals surface area (Å²) >= 11 is 3.27. The van der Waals surface area contributed by atoms with Gasteiger partial charge in [0.1, 0.15) is 17.1 Å². The van der Waals surface area contributed by atoms with Crippen molar-refractivity contribution in [2.45, 2.75) is 5.33 Å². The van der Waals surface area contributed by atoms with Crippen LogP contribution in [0.15, 0.2) is 12.1 Å². The monoisotopic (exact) mass is 274 g/mol. The van der Waals surface area contributed by atoms with Gasteiger partial charge >= 0.3 is 5.97 Å². The topological polar surface area (TPSA) is 55.8 Å². The highest BCUT2D eigenvalue weighted by Crippen LogP contribution is 2.33. The summed E-state index contributed by atoms with van der Waals surface area (Å²) in [6.45, 7) is 0. The van der Waals surface area contributed by atoms with Gasteiger partial charge in [0.25, 0.3) is 0 Å². The molecule has 0 amide bonds. The van der Waals surface area contributed by atoms with Crippen LogP contribution >= 0.6 is 15.9 Å². The molecule has 0 radical (unpaired) electrons. The lowest BCUT2D eigenvalue weighted by Crippen LogP contribution is -2.04. The van der Waals surface area contributed by atoms with E-state index in [1.165, 1.54) is 20.3 Å². The van der Waals surface area contributed by atoms with Gasteiger partial charge in [0, 0.05) is 10.9 Å². The van der Waals surface area contributed by atoms with E-state index in [0.717, 1.165) is 0 Å². The number of alkyl halides is 1. The van der Waals surface area contributed by atoms with Crippen molar-refractivity contribution in [1.29, 1.82) is 0 Å². The van der Waals surface area contributed by atoms with Gasteiger partial charge in [-0.3, -0.25) is 0 Å². The number of aromatic carboxylic acids is 1. The molecule has 0 unspecified atom stereocenters. The van der Waals surface area contributed by atoms with E-state index in [2.05, 4.69) is 15.9 Å². The Morgan fingerprint density at radius 1 is 1.40 bits per heavy atom. The second-order valence-electron chi connectivity index (χ2n) is 2.77. The van der Waals surface area contributed by atoms with Crippen LogP contribution in [-0.4, -0.2) is 25.3 Å². The number of methoxy groups -OCH3 is 2. The Bertz CT molecular complexity index is 376. The molecule has 15 heavy (non-hydrogen) atoms. The fourth-order valence-corrected chi connectivity index (χ4v) is 1.86. The van der Waals surface area contributed by atoms with Crippen LogP contribution in [0.1, 0.15) is 15.9 Å². The van der Waals surface area contributed by atoms with E-state index in [4.69, 9.17) is 14.6 Å². The van der Waals surface area contributed by atoms with Crippen molar-refractivity contribution in [2.24, 2.45) is 0 Å². The van der Waals surface area contributed by atoms with E-state index in [1.54, 1.807) is 6.07 Å².